The lowest BCUT2D eigenvalue weighted by Gasteiger charge is -2.22. The Balaban J connectivity index is 1.83. The third kappa shape index (κ3) is 5.67. The van der Waals surface area contributed by atoms with E-state index in [1.54, 1.807) is 66.9 Å². The van der Waals surface area contributed by atoms with Crippen LogP contribution in [0.2, 0.25) is 0 Å². The van der Waals surface area contributed by atoms with Crippen LogP contribution in [-0.4, -0.2) is 28.3 Å². The van der Waals surface area contributed by atoms with Crippen LogP contribution in [0.15, 0.2) is 66.9 Å². The fourth-order valence-electron chi connectivity index (χ4n) is 4.16. The van der Waals surface area contributed by atoms with Crippen LogP contribution < -0.4 is 21.5 Å². The van der Waals surface area contributed by atoms with Gasteiger partial charge < -0.3 is 26.5 Å². The van der Waals surface area contributed by atoms with Crippen LogP contribution in [0, 0.1) is 11.2 Å². The van der Waals surface area contributed by atoms with Crippen molar-refractivity contribution >= 4 is 17.4 Å². The van der Waals surface area contributed by atoms with Gasteiger partial charge in [0.1, 0.15) is 17.7 Å². The van der Waals surface area contributed by atoms with Gasteiger partial charge in [0.05, 0.1) is 12.3 Å². The molecule has 196 valence electrons. The monoisotopic (exact) mass is 514 g/mol. The second-order valence-corrected chi connectivity index (χ2v) is 8.85. The van der Waals surface area contributed by atoms with E-state index in [-0.39, 0.29) is 11.6 Å². The van der Waals surface area contributed by atoms with Crippen molar-refractivity contribution in [3.63, 3.8) is 0 Å². The van der Waals surface area contributed by atoms with Gasteiger partial charge in [0.15, 0.2) is 11.6 Å². The molecule has 0 fully saturated rings. The van der Waals surface area contributed by atoms with Crippen LogP contribution in [-0.2, 0) is 6.42 Å². The summed E-state index contributed by atoms with van der Waals surface area (Å²) in [4.78, 5) is 19.9. The number of halogens is 1. The highest BCUT2D eigenvalue weighted by Gasteiger charge is 2.25. The fraction of sp³-hybridized carbons (Fsp3) is 0.207. The lowest BCUT2D eigenvalue weighted by molar-refractivity contribution is 0.100. The minimum atomic E-state index is -0.733. The quantitative estimate of drug-likeness (QED) is 0.139. The molecule has 1 aromatic heterocycles. The predicted octanol–water partition coefficient (Wildman–Crippen LogP) is 5.15. The van der Waals surface area contributed by atoms with E-state index in [0.717, 1.165) is 12.0 Å². The number of carbonyl (C=O) groups is 1. The number of H-pyrrole nitrogens is 1. The Bertz CT molecular complexity index is 1450. The number of amidine groups is 1. The van der Waals surface area contributed by atoms with Crippen molar-refractivity contribution in [3.05, 3.63) is 101 Å². The molecule has 0 saturated carbocycles. The Morgan fingerprint density at radius 1 is 1.13 bits per heavy atom. The van der Waals surface area contributed by atoms with Crippen LogP contribution in [0.3, 0.4) is 0 Å². The Morgan fingerprint density at radius 3 is 2.53 bits per heavy atom. The third-order valence-corrected chi connectivity index (χ3v) is 6.15. The Morgan fingerprint density at radius 2 is 1.87 bits per heavy atom. The van der Waals surface area contributed by atoms with E-state index >= 15 is 4.39 Å². The van der Waals surface area contributed by atoms with Gasteiger partial charge in [-0.15, -0.1) is 0 Å². The normalized spacial score (nSPS) is 11.7. The molecule has 0 aliphatic carbocycles. The van der Waals surface area contributed by atoms with Crippen LogP contribution in [0.4, 0.5) is 10.1 Å². The van der Waals surface area contributed by atoms with E-state index in [0.29, 0.717) is 52.5 Å². The first-order chi connectivity index (χ1) is 18.3. The number of aromatic nitrogens is 2. The second-order valence-electron chi connectivity index (χ2n) is 8.85. The summed E-state index contributed by atoms with van der Waals surface area (Å²) in [7, 11) is 0. The maximum absolute atomic E-state index is 15.9. The molecule has 3 aromatic carbocycles. The van der Waals surface area contributed by atoms with Gasteiger partial charge in [0.25, 0.3) is 0 Å². The van der Waals surface area contributed by atoms with Gasteiger partial charge in [-0.05, 0) is 54.8 Å². The molecule has 38 heavy (non-hydrogen) atoms. The summed E-state index contributed by atoms with van der Waals surface area (Å²) in [5.74, 6) is -0.473. The molecule has 0 saturated heterocycles. The standard InChI is InChI=1S/C29H31FN6O2/c1-3-13-38-24-15-17(4-2)14-22(25(24)30)26(35-19-11-9-18(10-12-19)27(31)32)29-34-16-23(36-29)20-7-5-6-8-21(20)28(33)37/h5-12,14-16,26,35H,3-4,13H2,1-2H3,(H3,31,32)(H2,33,37)(H,34,36). The number of benzene rings is 3. The molecular formula is C29H31FN6O2. The number of carbonyl (C=O) groups excluding carboxylic acids is 1. The number of imidazole rings is 1. The number of nitrogens with two attached hydrogens (primary N) is 2. The molecule has 0 aliphatic rings. The van der Waals surface area contributed by atoms with Crippen molar-refractivity contribution < 1.29 is 13.9 Å². The highest BCUT2D eigenvalue weighted by molar-refractivity contribution is 5.99. The van der Waals surface area contributed by atoms with Crippen LogP contribution in [0.1, 0.15) is 59.2 Å². The molecule has 1 amide bonds. The van der Waals surface area contributed by atoms with Crippen LogP contribution >= 0.6 is 0 Å². The highest BCUT2D eigenvalue weighted by atomic mass is 19.1. The number of nitrogen functional groups attached to an aromatic ring is 1. The lowest BCUT2D eigenvalue weighted by Crippen LogP contribution is -2.17. The molecule has 4 aromatic rings. The van der Waals surface area contributed by atoms with Gasteiger partial charge >= 0.3 is 0 Å². The van der Waals surface area contributed by atoms with Crippen molar-refractivity contribution in [3.8, 4) is 17.0 Å². The number of anilines is 1. The average molecular weight is 515 g/mol. The van der Waals surface area contributed by atoms with Crippen molar-refractivity contribution in [2.75, 3.05) is 11.9 Å². The number of nitrogens with one attached hydrogen (secondary N) is 3. The van der Waals surface area contributed by atoms with E-state index in [4.69, 9.17) is 26.6 Å². The number of ether oxygens (including phenoxy) is 1. The number of primary amides is 1. The van der Waals surface area contributed by atoms with Crippen molar-refractivity contribution in [2.45, 2.75) is 32.7 Å². The zero-order valence-corrected chi connectivity index (χ0v) is 21.3. The minimum Gasteiger partial charge on any atom is -0.491 e. The molecule has 1 unspecified atom stereocenters. The van der Waals surface area contributed by atoms with Gasteiger partial charge in [0.2, 0.25) is 5.91 Å². The number of aryl methyl sites for hydroxylation is 1. The largest absolute Gasteiger partial charge is 0.491 e. The molecule has 0 bridgehead atoms. The maximum Gasteiger partial charge on any atom is 0.249 e. The highest BCUT2D eigenvalue weighted by Crippen LogP contribution is 2.34. The van der Waals surface area contributed by atoms with Gasteiger partial charge in [-0.2, -0.15) is 0 Å². The van der Waals surface area contributed by atoms with Gasteiger partial charge in [0, 0.05) is 34.1 Å². The Labute approximate surface area is 220 Å². The first-order valence-corrected chi connectivity index (χ1v) is 12.4. The fourth-order valence-corrected chi connectivity index (χ4v) is 4.16. The molecule has 4 rings (SSSR count). The molecule has 9 heteroatoms. The van der Waals surface area contributed by atoms with Crippen LogP contribution in [0.25, 0.3) is 11.3 Å². The van der Waals surface area contributed by atoms with Crippen molar-refractivity contribution in [2.24, 2.45) is 11.5 Å². The number of rotatable bonds is 11. The summed E-state index contributed by atoms with van der Waals surface area (Å²) in [6.07, 6.45) is 3.10. The first-order valence-electron chi connectivity index (χ1n) is 12.4. The van der Waals surface area contributed by atoms with E-state index < -0.39 is 17.8 Å². The lowest BCUT2D eigenvalue weighted by atomic mass is 10.00. The van der Waals surface area contributed by atoms with E-state index in [1.807, 2.05) is 13.8 Å². The average Bonchev–Trinajstić information content (AvgIpc) is 3.41. The molecule has 0 spiro atoms. The third-order valence-electron chi connectivity index (χ3n) is 6.15. The number of amides is 1. The summed E-state index contributed by atoms with van der Waals surface area (Å²) in [5.41, 5.74) is 15.1. The first kappa shape index (κ1) is 26.4. The molecule has 0 aliphatic heterocycles. The van der Waals surface area contributed by atoms with E-state index in [9.17, 15) is 4.79 Å². The van der Waals surface area contributed by atoms with E-state index in [2.05, 4.69) is 10.3 Å². The molecule has 0 radical (unpaired) electrons. The van der Waals surface area contributed by atoms with Gasteiger partial charge in [-0.1, -0.05) is 38.1 Å². The maximum atomic E-state index is 15.9. The molecule has 8 nitrogen and oxygen atoms in total. The second kappa shape index (κ2) is 11.6. The number of nitrogens with zero attached hydrogens (tertiary/aromatic N) is 1. The van der Waals surface area contributed by atoms with E-state index in [1.165, 1.54) is 0 Å². The SMILES string of the molecule is CCCOc1cc(CC)cc(C(Nc2ccc(C(=N)N)cc2)c2nc(-c3ccccc3C(N)=O)c[nH]2)c1F. The number of hydrogen-bond acceptors (Lipinski definition) is 5. The zero-order valence-electron chi connectivity index (χ0n) is 21.3. The number of hydrogen-bond donors (Lipinski definition) is 5. The topological polar surface area (TPSA) is 143 Å². The molecule has 7 N–H and O–H groups in total. The molecular weight excluding hydrogens is 483 g/mol. The summed E-state index contributed by atoms with van der Waals surface area (Å²) in [6.45, 7) is 4.35. The van der Waals surface area contributed by atoms with Crippen molar-refractivity contribution in [1.82, 2.24) is 9.97 Å². The summed E-state index contributed by atoms with van der Waals surface area (Å²) < 4.78 is 21.6. The summed E-state index contributed by atoms with van der Waals surface area (Å²) >= 11 is 0. The Kier molecular flexibility index (Phi) is 8.06. The predicted molar refractivity (Wildman–Crippen MR) is 147 cm³/mol. The number of aromatic amines is 1. The molecule has 1 heterocycles. The smallest absolute Gasteiger partial charge is 0.249 e. The van der Waals surface area contributed by atoms with Gasteiger partial charge in [-0.25, -0.2) is 9.37 Å². The van der Waals surface area contributed by atoms with Crippen LogP contribution in [0.5, 0.6) is 5.75 Å². The zero-order chi connectivity index (χ0) is 27.2. The van der Waals surface area contributed by atoms with Gasteiger partial charge in [-0.3, -0.25) is 10.2 Å². The summed E-state index contributed by atoms with van der Waals surface area (Å²) in [6, 6.07) is 16.7. The van der Waals surface area contributed by atoms with Crippen molar-refractivity contribution in [1.29, 1.82) is 5.41 Å². The minimum absolute atomic E-state index is 0.0451. The Hall–Kier alpha value is -4.66. The summed E-state index contributed by atoms with van der Waals surface area (Å²) in [5, 5.41) is 11.0. The molecule has 1 atom stereocenters.